The van der Waals surface area contributed by atoms with E-state index in [1.54, 1.807) is 35.0 Å². The Morgan fingerprint density at radius 2 is 2.00 bits per heavy atom. The summed E-state index contributed by atoms with van der Waals surface area (Å²) in [5.41, 5.74) is 2.97. The summed E-state index contributed by atoms with van der Waals surface area (Å²) < 4.78 is 27.4. The van der Waals surface area contributed by atoms with E-state index in [1.165, 1.54) is 11.9 Å². The summed E-state index contributed by atoms with van der Waals surface area (Å²) in [5, 5.41) is 10.1. The molecule has 3 aromatic rings. The standard InChI is InChI=1S/C21H21N7O4S/c1-27-17(20(29)25-21(27)30)9-13-11-22-28-18(23-14-6-7-14)10-16(24-19(13)28)12-4-3-5-15(8-12)26-33(2,31)32/h3-5,8-11,14,23,26H,6-7H2,1-2H3,(H,25,29,30)/b17-9-. The molecular formula is C21H21N7O4S. The SMILES string of the molecule is CN1C(=O)NC(=O)/C1=C/c1cnn2c(NC3CC3)cc(-c3cccc(NS(C)(=O)=O)c3)nc12. The zero-order valence-electron chi connectivity index (χ0n) is 17.9. The molecule has 0 radical (unpaired) electrons. The van der Waals surface area contributed by atoms with Crippen LogP contribution in [0.5, 0.6) is 0 Å². The Kier molecular flexibility index (Phi) is 4.81. The smallest absolute Gasteiger partial charge is 0.328 e. The van der Waals surface area contributed by atoms with Crippen LogP contribution in [0.3, 0.4) is 0 Å². The van der Waals surface area contributed by atoms with Crippen LogP contribution in [0.1, 0.15) is 18.4 Å². The molecule has 1 aliphatic carbocycles. The Bertz CT molecular complexity index is 1440. The van der Waals surface area contributed by atoms with E-state index in [-0.39, 0.29) is 5.70 Å². The molecule has 3 N–H and O–H groups in total. The molecule has 12 heteroatoms. The lowest BCUT2D eigenvalue weighted by Gasteiger charge is -2.12. The number of sulfonamides is 1. The molecule has 0 unspecified atom stereocenters. The summed E-state index contributed by atoms with van der Waals surface area (Å²) >= 11 is 0. The third kappa shape index (κ3) is 4.24. The minimum absolute atomic E-state index is 0.193. The van der Waals surface area contributed by atoms with Crippen LogP contribution in [0.15, 0.2) is 42.2 Å². The van der Waals surface area contributed by atoms with E-state index in [4.69, 9.17) is 4.98 Å². The molecule has 1 aliphatic heterocycles. The molecule has 2 aliphatic rings. The third-order valence-electron chi connectivity index (χ3n) is 5.30. The van der Waals surface area contributed by atoms with Crippen LogP contribution in [-0.4, -0.2) is 59.2 Å². The van der Waals surface area contributed by atoms with Crippen molar-refractivity contribution < 1.29 is 18.0 Å². The Balaban J connectivity index is 1.63. The second-order valence-corrected chi connectivity index (χ2v) is 9.83. The lowest BCUT2D eigenvalue weighted by Crippen LogP contribution is -2.24. The van der Waals surface area contributed by atoms with Gasteiger partial charge in [-0.3, -0.25) is 19.7 Å². The molecule has 170 valence electrons. The quantitative estimate of drug-likeness (QED) is 0.372. The Morgan fingerprint density at radius 3 is 2.67 bits per heavy atom. The predicted molar refractivity (Wildman–Crippen MR) is 123 cm³/mol. The minimum atomic E-state index is -3.43. The van der Waals surface area contributed by atoms with Crippen LogP contribution in [-0.2, 0) is 14.8 Å². The van der Waals surface area contributed by atoms with Crippen molar-refractivity contribution in [3.8, 4) is 11.3 Å². The average Bonchev–Trinajstić information content (AvgIpc) is 3.41. The van der Waals surface area contributed by atoms with Gasteiger partial charge in [-0.25, -0.2) is 18.2 Å². The number of fused-ring (bicyclic) bond motifs is 1. The van der Waals surface area contributed by atoms with E-state index in [0.29, 0.717) is 34.2 Å². The zero-order chi connectivity index (χ0) is 23.3. The fraction of sp³-hybridized carbons (Fsp3) is 0.238. The molecule has 2 fully saturated rings. The van der Waals surface area contributed by atoms with Crippen molar-refractivity contribution in [1.82, 2.24) is 24.8 Å². The van der Waals surface area contributed by atoms with Gasteiger partial charge in [-0.15, -0.1) is 0 Å². The Labute approximate surface area is 189 Å². The number of aromatic nitrogens is 3. The number of amides is 3. The van der Waals surface area contributed by atoms with E-state index >= 15 is 0 Å². The van der Waals surface area contributed by atoms with Gasteiger partial charge in [0.05, 0.1) is 18.1 Å². The summed E-state index contributed by atoms with van der Waals surface area (Å²) in [6.45, 7) is 0. The first-order chi connectivity index (χ1) is 15.7. The first-order valence-corrected chi connectivity index (χ1v) is 12.1. The minimum Gasteiger partial charge on any atom is -0.367 e. The molecule has 11 nitrogen and oxygen atoms in total. The maximum Gasteiger partial charge on any atom is 0.328 e. The number of rotatable bonds is 6. The number of imide groups is 1. The Morgan fingerprint density at radius 1 is 1.21 bits per heavy atom. The van der Waals surface area contributed by atoms with Gasteiger partial charge in [0, 0.05) is 36.0 Å². The Hall–Kier alpha value is -3.93. The summed E-state index contributed by atoms with van der Waals surface area (Å²) in [6.07, 6.45) is 6.36. The van der Waals surface area contributed by atoms with Crippen molar-refractivity contribution in [2.24, 2.45) is 0 Å². The maximum absolute atomic E-state index is 12.2. The van der Waals surface area contributed by atoms with Gasteiger partial charge in [0.1, 0.15) is 11.5 Å². The summed E-state index contributed by atoms with van der Waals surface area (Å²) in [6, 6.07) is 8.63. The van der Waals surface area contributed by atoms with E-state index in [1.807, 2.05) is 12.1 Å². The van der Waals surface area contributed by atoms with Crippen LogP contribution in [0.25, 0.3) is 23.0 Å². The van der Waals surface area contributed by atoms with Crippen LogP contribution >= 0.6 is 0 Å². The number of hydrogen-bond acceptors (Lipinski definition) is 7. The number of anilines is 2. The summed E-state index contributed by atoms with van der Waals surface area (Å²) in [4.78, 5) is 29.9. The highest BCUT2D eigenvalue weighted by Crippen LogP contribution is 2.30. The van der Waals surface area contributed by atoms with Crippen LogP contribution in [0.2, 0.25) is 0 Å². The molecule has 3 heterocycles. The van der Waals surface area contributed by atoms with Gasteiger partial charge in [0.2, 0.25) is 10.0 Å². The highest BCUT2D eigenvalue weighted by atomic mass is 32.2. The van der Waals surface area contributed by atoms with Gasteiger partial charge in [0.15, 0.2) is 5.65 Å². The molecule has 0 bridgehead atoms. The molecule has 3 amide bonds. The lowest BCUT2D eigenvalue weighted by atomic mass is 10.1. The van der Waals surface area contributed by atoms with E-state index in [9.17, 15) is 18.0 Å². The van der Waals surface area contributed by atoms with Crippen LogP contribution in [0, 0.1) is 0 Å². The molecule has 0 spiro atoms. The highest BCUT2D eigenvalue weighted by molar-refractivity contribution is 7.92. The summed E-state index contributed by atoms with van der Waals surface area (Å²) in [5.74, 6) is 0.234. The third-order valence-corrected chi connectivity index (χ3v) is 5.91. The fourth-order valence-electron chi connectivity index (χ4n) is 3.54. The molecule has 33 heavy (non-hydrogen) atoms. The van der Waals surface area contributed by atoms with Gasteiger partial charge in [-0.2, -0.15) is 9.61 Å². The number of carbonyl (C=O) groups is 2. The fourth-order valence-corrected chi connectivity index (χ4v) is 4.10. The number of nitrogens with one attached hydrogen (secondary N) is 3. The number of likely N-dealkylation sites (N-methyl/N-ethyl adjacent to an activating group) is 1. The molecule has 1 saturated heterocycles. The van der Waals surface area contributed by atoms with E-state index in [0.717, 1.165) is 24.9 Å². The molecular weight excluding hydrogens is 446 g/mol. The number of nitrogens with zero attached hydrogens (tertiary/aromatic N) is 4. The van der Waals surface area contributed by atoms with Gasteiger partial charge in [0.25, 0.3) is 5.91 Å². The van der Waals surface area contributed by atoms with Crippen molar-refractivity contribution in [2.45, 2.75) is 18.9 Å². The van der Waals surface area contributed by atoms with Gasteiger partial charge in [-0.1, -0.05) is 12.1 Å². The van der Waals surface area contributed by atoms with Crippen LogP contribution < -0.4 is 15.4 Å². The van der Waals surface area contributed by atoms with Crippen molar-refractivity contribution in [2.75, 3.05) is 23.3 Å². The molecule has 0 atom stereocenters. The summed E-state index contributed by atoms with van der Waals surface area (Å²) in [7, 11) is -1.92. The van der Waals surface area contributed by atoms with Crippen LogP contribution in [0.4, 0.5) is 16.3 Å². The average molecular weight is 468 g/mol. The van der Waals surface area contributed by atoms with Crippen molar-refractivity contribution >= 4 is 45.2 Å². The topological polar surface area (TPSA) is 138 Å². The maximum atomic E-state index is 12.2. The number of hydrogen-bond donors (Lipinski definition) is 3. The molecule has 5 rings (SSSR count). The first kappa shape index (κ1) is 20.9. The normalized spacial score (nSPS) is 17.6. The molecule has 1 aromatic carbocycles. The molecule has 2 aromatic heterocycles. The van der Waals surface area contributed by atoms with Crippen molar-refractivity contribution in [3.63, 3.8) is 0 Å². The first-order valence-electron chi connectivity index (χ1n) is 10.2. The van der Waals surface area contributed by atoms with E-state index < -0.39 is 22.0 Å². The highest BCUT2D eigenvalue weighted by Gasteiger charge is 2.30. The lowest BCUT2D eigenvalue weighted by molar-refractivity contribution is -0.115. The second-order valence-electron chi connectivity index (χ2n) is 8.08. The number of carbonyl (C=O) groups excluding carboxylic acids is 2. The largest absolute Gasteiger partial charge is 0.367 e. The number of benzene rings is 1. The van der Waals surface area contributed by atoms with E-state index in [2.05, 4.69) is 20.5 Å². The predicted octanol–water partition coefficient (Wildman–Crippen LogP) is 1.86. The second kappa shape index (κ2) is 7.59. The monoisotopic (exact) mass is 467 g/mol. The molecule has 1 saturated carbocycles. The van der Waals surface area contributed by atoms with Crippen molar-refractivity contribution in [3.05, 3.63) is 47.8 Å². The van der Waals surface area contributed by atoms with Gasteiger partial charge < -0.3 is 5.32 Å². The zero-order valence-corrected chi connectivity index (χ0v) is 18.7. The number of urea groups is 1. The van der Waals surface area contributed by atoms with Gasteiger partial charge in [-0.05, 0) is 31.1 Å². The van der Waals surface area contributed by atoms with Gasteiger partial charge >= 0.3 is 6.03 Å². The van der Waals surface area contributed by atoms with Crippen molar-refractivity contribution in [1.29, 1.82) is 0 Å².